The summed E-state index contributed by atoms with van der Waals surface area (Å²) in [5, 5.41) is 1.30. The molecule has 1 heterocycles. The van der Waals surface area contributed by atoms with Crippen LogP contribution in [0.4, 0.5) is 0 Å². The number of hydrogen-bond donors (Lipinski definition) is 0. The van der Waals surface area contributed by atoms with Crippen LogP contribution in [0.3, 0.4) is 0 Å². The van der Waals surface area contributed by atoms with E-state index in [-0.39, 0.29) is 0 Å². The number of nitrogens with zero attached hydrogens (tertiary/aromatic N) is 1. The van der Waals surface area contributed by atoms with Crippen LogP contribution in [0.1, 0.15) is 5.56 Å². The van der Waals surface area contributed by atoms with Crippen molar-refractivity contribution < 1.29 is 0 Å². The molecule has 1 aliphatic carbocycles. The Morgan fingerprint density at radius 3 is 2.26 bits per heavy atom. The van der Waals surface area contributed by atoms with Crippen molar-refractivity contribution in [3.63, 3.8) is 0 Å². The molecule has 1 aromatic heterocycles. The largest absolute Gasteiger partial charge is 0.248 e. The maximum Gasteiger partial charge on any atom is 0.0722 e. The first-order valence-electron chi connectivity index (χ1n) is 7.92. The zero-order valence-corrected chi connectivity index (χ0v) is 12.9. The molecule has 0 aliphatic heterocycles. The molecule has 0 fully saturated rings. The summed E-state index contributed by atoms with van der Waals surface area (Å²) in [4.78, 5) is 4.93. The Kier molecular flexibility index (Phi) is 2.48. The number of benzene rings is 3. The SMILES string of the molecule is Cc1ccc2nc(-c3ccccc3)cc3c2c1-c1ccccc1-3. The standard InChI is InChI=1S/C22H15N/c1-14-11-12-19-22-18(16-9-5-6-10-17(16)21(14)22)13-20(23-19)15-7-3-2-4-8-15/h2-13H,1H3. The Morgan fingerprint density at radius 1 is 0.696 bits per heavy atom. The van der Waals surface area contributed by atoms with Gasteiger partial charge in [0.2, 0.25) is 0 Å². The Hall–Kier alpha value is -2.93. The van der Waals surface area contributed by atoms with Crippen molar-refractivity contribution in [1.29, 1.82) is 0 Å². The van der Waals surface area contributed by atoms with Crippen molar-refractivity contribution in [1.82, 2.24) is 4.98 Å². The molecule has 0 radical (unpaired) electrons. The Labute approximate surface area is 135 Å². The number of fused-ring (bicyclic) bond motifs is 3. The zero-order chi connectivity index (χ0) is 15.4. The van der Waals surface area contributed by atoms with Crippen molar-refractivity contribution in [2.75, 3.05) is 0 Å². The van der Waals surface area contributed by atoms with Crippen LogP contribution in [0.5, 0.6) is 0 Å². The number of aryl methyl sites for hydroxylation is 1. The van der Waals surface area contributed by atoms with E-state index >= 15 is 0 Å². The molecular formula is C22H15N. The van der Waals surface area contributed by atoms with E-state index < -0.39 is 0 Å². The molecule has 4 aromatic rings. The van der Waals surface area contributed by atoms with Crippen LogP contribution >= 0.6 is 0 Å². The summed E-state index contributed by atoms with van der Waals surface area (Å²) >= 11 is 0. The molecule has 108 valence electrons. The summed E-state index contributed by atoms with van der Waals surface area (Å²) in [5.74, 6) is 0. The van der Waals surface area contributed by atoms with Gasteiger partial charge in [-0.15, -0.1) is 0 Å². The van der Waals surface area contributed by atoms with E-state index in [4.69, 9.17) is 4.98 Å². The van der Waals surface area contributed by atoms with Gasteiger partial charge in [-0.3, -0.25) is 0 Å². The molecule has 1 aliphatic rings. The predicted octanol–water partition coefficient (Wildman–Crippen LogP) is 5.86. The quantitative estimate of drug-likeness (QED) is 0.377. The number of aromatic nitrogens is 1. The van der Waals surface area contributed by atoms with Crippen LogP contribution in [0.25, 0.3) is 44.4 Å². The minimum atomic E-state index is 1.04. The highest BCUT2D eigenvalue weighted by atomic mass is 14.7. The average Bonchev–Trinajstić information content (AvgIpc) is 2.95. The monoisotopic (exact) mass is 293 g/mol. The van der Waals surface area contributed by atoms with Crippen molar-refractivity contribution in [2.45, 2.75) is 6.92 Å². The lowest BCUT2D eigenvalue weighted by Gasteiger charge is -2.08. The minimum absolute atomic E-state index is 1.04. The average molecular weight is 293 g/mol. The van der Waals surface area contributed by atoms with Gasteiger partial charge >= 0.3 is 0 Å². The highest BCUT2D eigenvalue weighted by molar-refractivity contribution is 6.15. The fourth-order valence-corrected chi connectivity index (χ4v) is 3.68. The van der Waals surface area contributed by atoms with Crippen molar-refractivity contribution in [2.24, 2.45) is 0 Å². The molecule has 0 spiro atoms. The molecule has 1 heteroatoms. The van der Waals surface area contributed by atoms with Crippen molar-refractivity contribution in [3.8, 4) is 33.5 Å². The van der Waals surface area contributed by atoms with E-state index in [1.807, 2.05) is 6.07 Å². The van der Waals surface area contributed by atoms with Crippen LogP contribution in [0.15, 0.2) is 72.8 Å². The first-order valence-corrected chi connectivity index (χ1v) is 7.92. The van der Waals surface area contributed by atoms with E-state index in [1.54, 1.807) is 0 Å². The van der Waals surface area contributed by atoms with Gasteiger partial charge in [-0.25, -0.2) is 4.98 Å². The molecule has 0 amide bonds. The first kappa shape index (κ1) is 12.6. The third kappa shape index (κ3) is 1.71. The second-order valence-corrected chi connectivity index (χ2v) is 6.12. The van der Waals surface area contributed by atoms with Gasteiger partial charge in [0.05, 0.1) is 11.2 Å². The third-order valence-electron chi connectivity index (χ3n) is 4.74. The van der Waals surface area contributed by atoms with Gasteiger partial charge in [-0.1, -0.05) is 60.7 Å². The van der Waals surface area contributed by atoms with Gasteiger partial charge in [0.15, 0.2) is 0 Å². The molecular weight excluding hydrogens is 278 g/mol. The van der Waals surface area contributed by atoms with Crippen molar-refractivity contribution >= 4 is 10.9 Å². The summed E-state index contributed by atoms with van der Waals surface area (Å²) in [5.41, 5.74) is 9.91. The molecule has 0 saturated heterocycles. The van der Waals surface area contributed by atoms with Gasteiger partial charge in [-0.2, -0.15) is 0 Å². The fraction of sp³-hybridized carbons (Fsp3) is 0.0455. The van der Waals surface area contributed by atoms with Crippen LogP contribution in [0.2, 0.25) is 0 Å². The maximum atomic E-state index is 4.93. The molecule has 5 rings (SSSR count). The van der Waals surface area contributed by atoms with Gasteiger partial charge in [0.25, 0.3) is 0 Å². The lowest BCUT2D eigenvalue weighted by molar-refractivity contribution is 1.39. The number of rotatable bonds is 1. The Morgan fingerprint density at radius 2 is 1.43 bits per heavy atom. The highest BCUT2D eigenvalue weighted by Crippen LogP contribution is 2.48. The molecule has 1 nitrogen and oxygen atoms in total. The minimum Gasteiger partial charge on any atom is -0.248 e. The van der Waals surface area contributed by atoms with E-state index in [2.05, 4.69) is 73.7 Å². The summed E-state index contributed by atoms with van der Waals surface area (Å²) in [7, 11) is 0. The molecule has 23 heavy (non-hydrogen) atoms. The van der Waals surface area contributed by atoms with Crippen LogP contribution in [-0.2, 0) is 0 Å². The van der Waals surface area contributed by atoms with Crippen LogP contribution in [-0.4, -0.2) is 4.98 Å². The van der Waals surface area contributed by atoms with Crippen molar-refractivity contribution in [3.05, 3.63) is 78.4 Å². The van der Waals surface area contributed by atoms with E-state index in [0.29, 0.717) is 0 Å². The molecule has 0 atom stereocenters. The number of pyridine rings is 1. The molecule has 0 N–H and O–H groups in total. The van der Waals surface area contributed by atoms with Gasteiger partial charge in [0.1, 0.15) is 0 Å². The lowest BCUT2D eigenvalue weighted by Crippen LogP contribution is -1.88. The lowest BCUT2D eigenvalue weighted by atomic mass is 10.0. The van der Waals surface area contributed by atoms with Crippen LogP contribution < -0.4 is 0 Å². The predicted molar refractivity (Wildman–Crippen MR) is 96.3 cm³/mol. The maximum absolute atomic E-state index is 4.93. The van der Waals surface area contributed by atoms with Gasteiger partial charge < -0.3 is 0 Å². The zero-order valence-electron chi connectivity index (χ0n) is 12.9. The van der Waals surface area contributed by atoms with Gasteiger partial charge in [0, 0.05) is 10.9 Å². The fourth-order valence-electron chi connectivity index (χ4n) is 3.68. The third-order valence-corrected chi connectivity index (χ3v) is 4.74. The summed E-state index contributed by atoms with van der Waals surface area (Å²) in [6.07, 6.45) is 0. The molecule has 0 unspecified atom stereocenters. The Bertz CT molecular complexity index is 1060. The van der Waals surface area contributed by atoms with Crippen LogP contribution in [0, 0.1) is 6.92 Å². The number of hydrogen-bond acceptors (Lipinski definition) is 1. The van der Waals surface area contributed by atoms with E-state index in [9.17, 15) is 0 Å². The van der Waals surface area contributed by atoms with E-state index in [0.717, 1.165) is 16.8 Å². The highest BCUT2D eigenvalue weighted by Gasteiger charge is 2.23. The molecule has 0 bridgehead atoms. The second-order valence-electron chi connectivity index (χ2n) is 6.12. The topological polar surface area (TPSA) is 12.9 Å². The smallest absolute Gasteiger partial charge is 0.0722 e. The molecule has 3 aromatic carbocycles. The second kappa shape index (κ2) is 4.53. The normalized spacial score (nSPS) is 11.7. The summed E-state index contributed by atoms with van der Waals surface area (Å²) in [6, 6.07) is 25.7. The summed E-state index contributed by atoms with van der Waals surface area (Å²) in [6.45, 7) is 2.19. The summed E-state index contributed by atoms with van der Waals surface area (Å²) < 4.78 is 0. The van der Waals surface area contributed by atoms with Gasteiger partial charge in [-0.05, 0) is 46.9 Å². The Balaban J connectivity index is 1.92. The first-order chi connectivity index (χ1) is 11.3. The molecule has 0 saturated carbocycles. The van der Waals surface area contributed by atoms with E-state index in [1.165, 1.54) is 33.2 Å².